The molecular weight excluding hydrogens is 760 g/mol. The lowest BCUT2D eigenvalue weighted by Crippen LogP contribution is -2.01. The normalized spacial score (nSPS) is 12.3. The Bertz CT molecular complexity index is 2320. The predicted molar refractivity (Wildman–Crippen MR) is 214 cm³/mol. The minimum atomic E-state index is 0.218. The third-order valence-corrected chi connectivity index (χ3v) is 11.2. The maximum absolute atomic E-state index is 6.07. The summed E-state index contributed by atoms with van der Waals surface area (Å²) >= 11 is 15.5. The largest absolute Gasteiger partial charge is 0.312 e. The average Bonchev–Trinajstić information content (AvgIpc) is 4.02. The molecule has 8 rings (SSSR count). The van der Waals surface area contributed by atoms with Gasteiger partial charge in [-0.25, -0.2) is 4.68 Å². The lowest BCUT2D eigenvalue weighted by atomic mass is 10.1. The highest BCUT2D eigenvalue weighted by Gasteiger charge is 2.15. The van der Waals surface area contributed by atoms with E-state index in [4.69, 9.17) is 23.2 Å². The summed E-state index contributed by atoms with van der Waals surface area (Å²) in [5, 5.41) is 37.3. The maximum atomic E-state index is 6.07. The molecule has 0 aliphatic rings. The van der Waals surface area contributed by atoms with Crippen LogP contribution in [0, 0.1) is 0 Å². The molecule has 12 nitrogen and oxygen atoms in total. The second-order valence-electron chi connectivity index (χ2n) is 12.2. The molecule has 0 spiro atoms. The average molecular weight is 794 g/mol. The SMILES string of the molecule is C[C@H](Sc1nncn1C)c1cccc(-n2cc(-c3cccc(Cl)c3)nn2)c1.C[C@H](Sc1nncn1C)c1cccc(-n2ncc(-c3cccc(Cl)c3)n2)c1. The van der Waals surface area contributed by atoms with Crippen LogP contribution in [-0.4, -0.2) is 59.5 Å². The number of rotatable bonds is 10. The Kier molecular flexibility index (Phi) is 11.5. The van der Waals surface area contributed by atoms with Crippen LogP contribution in [0.25, 0.3) is 33.9 Å². The number of thioether (sulfide) groups is 2. The summed E-state index contributed by atoms with van der Waals surface area (Å²) in [5.74, 6) is 0. The number of aromatic nitrogens is 12. The van der Waals surface area contributed by atoms with Crippen molar-refractivity contribution < 1.29 is 0 Å². The zero-order valence-electron chi connectivity index (χ0n) is 29.6. The van der Waals surface area contributed by atoms with Gasteiger partial charge in [0.25, 0.3) is 0 Å². The monoisotopic (exact) mass is 792 g/mol. The van der Waals surface area contributed by atoms with Gasteiger partial charge in [-0.15, -0.1) is 30.6 Å². The van der Waals surface area contributed by atoms with E-state index in [1.54, 1.807) is 51.9 Å². The van der Waals surface area contributed by atoms with E-state index in [2.05, 4.69) is 79.0 Å². The molecule has 8 aromatic rings. The zero-order valence-corrected chi connectivity index (χ0v) is 32.8. The summed E-state index contributed by atoms with van der Waals surface area (Å²) in [6.45, 7) is 4.30. The van der Waals surface area contributed by atoms with E-state index in [0.29, 0.717) is 10.0 Å². The fraction of sp³-hybridized carbons (Fsp3) is 0.158. The van der Waals surface area contributed by atoms with Crippen LogP contribution in [0.2, 0.25) is 10.0 Å². The summed E-state index contributed by atoms with van der Waals surface area (Å²) in [6, 6.07) is 31.6. The van der Waals surface area contributed by atoms with Crippen LogP contribution in [0.3, 0.4) is 0 Å². The van der Waals surface area contributed by atoms with Crippen LogP contribution in [0.15, 0.2) is 132 Å². The maximum Gasteiger partial charge on any atom is 0.191 e. The van der Waals surface area contributed by atoms with Crippen molar-refractivity contribution in [2.24, 2.45) is 14.1 Å². The molecule has 4 aromatic carbocycles. The Balaban J connectivity index is 0.000000167. The van der Waals surface area contributed by atoms with Gasteiger partial charge in [-0.3, -0.25) is 0 Å². The van der Waals surface area contributed by atoms with E-state index in [1.807, 2.05) is 102 Å². The van der Waals surface area contributed by atoms with Gasteiger partial charge in [0.15, 0.2) is 10.3 Å². The minimum Gasteiger partial charge on any atom is -0.312 e. The second kappa shape index (κ2) is 16.8. The van der Waals surface area contributed by atoms with Crippen LogP contribution in [0.1, 0.15) is 35.5 Å². The number of nitrogens with zero attached hydrogens (tertiary/aromatic N) is 12. The van der Waals surface area contributed by atoms with Crippen LogP contribution < -0.4 is 0 Å². The highest BCUT2D eigenvalue weighted by atomic mass is 35.5. The second-order valence-corrected chi connectivity index (χ2v) is 15.7. The summed E-state index contributed by atoms with van der Waals surface area (Å²) < 4.78 is 5.61. The molecule has 0 radical (unpaired) electrons. The zero-order chi connectivity index (χ0) is 37.6. The Labute approximate surface area is 330 Å². The molecule has 0 aliphatic carbocycles. The van der Waals surface area contributed by atoms with Crippen LogP contribution in [-0.2, 0) is 14.1 Å². The molecule has 0 N–H and O–H groups in total. The predicted octanol–water partition coefficient (Wildman–Crippen LogP) is 9.14. The summed E-state index contributed by atoms with van der Waals surface area (Å²) in [7, 11) is 3.88. The van der Waals surface area contributed by atoms with Crippen molar-refractivity contribution in [1.29, 1.82) is 0 Å². The van der Waals surface area contributed by atoms with Crippen molar-refractivity contribution in [3.8, 4) is 33.9 Å². The van der Waals surface area contributed by atoms with E-state index in [0.717, 1.165) is 44.2 Å². The molecule has 0 fully saturated rings. The molecule has 4 heterocycles. The molecule has 0 saturated heterocycles. The molecule has 272 valence electrons. The summed E-state index contributed by atoms with van der Waals surface area (Å²) in [5.41, 5.74) is 7.66. The van der Waals surface area contributed by atoms with Crippen molar-refractivity contribution in [3.05, 3.63) is 143 Å². The Hall–Kier alpha value is -5.28. The van der Waals surface area contributed by atoms with Crippen molar-refractivity contribution in [2.75, 3.05) is 0 Å². The first-order valence-electron chi connectivity index (χ1n) is 16.8. The van der Waals surface area contributed by atoms with E-state index in [1.165, 1.54) is 11.1 Å². The van der Waals surface area contributed by atoms with Gasteiger partial charge in [0.05, 0.1) is 23.8 Å². The van der Waals surface area contributed by atoms with Gasteiger partial charge in [-0.05, 0) is 73.5 Å². The first-order valence-corrected chi connectivity index (χ1v) is 19.3. The van der Waals surface area contributed by atoms with Crippen LogP contribution in [0.5, 0.6) is 0 Å². The third kappa shape index (κ3) is 8.91. The van der Waals surface area contributed by atoms with E-state index in [9.17, 15) is 0 Å². The van der Waals surface area contributed by atoms with Gasteiger partial charge >= 0.3 is 0 Å². The lowest BCUT2D eigenvalue weighted by Gasteiger charge is -2.12. The summed E-state index contributed by atoms with van der Waals surface area (Å²) in [4.78, 5) is 1.64. The Morgan fingerprint density at radius 3 is 1.70 bits per heavy atom. The van der Waals surface area contributed by atoms with E-state index >= 15 is 0 Å². The molecule has 54 heavy (non-hydrogen) atoms. The topological polar surface area (TPSA) is 123 Å². The first kappa shape index (κ1) is 37.1. The van der Waals surface area contributed by atoms with Gasteiger partial charge in [0.2, 0.25) is 0 Å². The lowest BCUT2D eigenvalue weighted by molar-refractivity contribution is 0.752. The third-order valence-electron chi connectivity index (χ3n) is 8.30. The van der Waals surface area contributed by atoms with Gasteiger partial charge in [0.1, 0.15) is 24.0 Å². The van der Waals surface area contributed by atoms with Crippen LogP contribution >= 0.6 is 46.7 Å². The molecule has 0 aliphatic heterocycles. The van der Waals surface area contributed by atoms with Gasteiger partial charge in [-0.1, -0.05) is 100 Å². The van der Waals surface area contributed by atoms with Crippen LogP contribution in [0.4, 0.5) is 0 Å². The Morgan fingerprint density at radius 2 is 1.15 bits per heavy atom. The number of hydrogen-bond donors (Lipinski definition) is 0. The van der Waals surface area contributed by atoms with Gasteiger partial charge < -0.3 is 9.13 Å². The number of halogens is 2. The Morgan fingerprint density at radius 1 is 0.611 bits per heavy atom. The highest BCUT2D eigenvalue weighted by molar-refractivity contribution is 7.99. The number of hydrogen-bond acceptors (Lipinski definition) is 10. The molecule has 0 unspecified atom stereocenters. The molecule has 0 amide bonds. The fourth-order valence-corrected chi connectivity index (χ4v) is 7.56. The number of aryl methyl sites for hydroxylation is 2. The molecule has 2 atom stereocenters. The summed E-state index contributed by atoms with van der Waals surface area (Å²) in [6.07, 6.45) is 7.07. The van der Waals surface area contributed by atoms with Crippen molar-refractivity contribution in [1.82, 2.24) is 59.5 Å². The van der Waals surface area contributed by atoms with E-state index in [-0.39, 0.29) is 10.5 Å². The minimum absolute atomic E-state index is 0.218. The molecule has 0 bridgehead atoms. The fourth-order valence-electron chi connectivity index (χ4n) is 5.37. The van der Waals surface area contributed by atoms with Gasteiger partial charge in [0, 0.05) is 45.8 Å². The standard InChI is InChI=1S/2C19H17ClN6S/c1-13(27-19-23-21-12-25(19)2)14-5-4-8-17(10-14)26-11-18(22-24-26)15-6-3-7-16(20)9-15;1-13(27-19-23-21-12-25(19)2)14-5-4-8-17(10-14)26-22-11-18(24-26)15-6-3-7-16(20)9-15/h2*3-13H,1-2H3/t2*13-/m00/s1. The first-order chi connectivity index (χ1) is 26.2. The smallest absolute Gasteiger partial charge is 0.191 e. The molecule has 4 aromatic heterocycles. The van der Waals surface area contributed by atoms with Crippen molar-refractivity contribution in [3.63, 3.8) is 0 Å². The molecular formula is C38H34Cl2N12S2. The van der Waals surface area contributed by atoms with Gasteiger partial charge in [-0.2, -0.15) is 9.90 Å². The van der Waals surface area contributed by atoms with Crippen molar-refractivity contribution in [2.45, 2.75) is 34.7 Å². The number of benzene rings is 4. The quantitative estimate of drug-likeness (QED) is 0.124. The van der Waals surface area contributed by atoms with Crippen molar-refractivity contribution >= 4 is 46.7 Å². The molecule has 16 heteroatoms. The molecule has 0 saturated carbocycles. The van der Waals surface area contributed by atoms with E-state index < -0.39 is 0 Å². The highest BCUT2D eigenvalue weighted by Crippen LogP contribution is 2.35.